The van der Waals surface area contributed by atoms with Crippen LogP contribution < -0.4 is 0 Å². The Labute approximate surface area is 153 Å². The molecular formula is C22H21ClN2. The van der Waals surface area contributed by atoms with Crippen molar-refractivity contribution in [3.63, 3.8) is 0 Å². The number of fused-ring (bicyclic) bond motifs is 1. The van der Waals surface area contributed by atoms with Crippen molar-refractivity contribution in [2.75, 3.05) is 0 Å². The molecule has 3 rings (SSSR count). The minimum absolute atomic E-state index is 0.706. The highest BCUT2D eigenvalue weighted by Gasteiger charge is 2.07. The maximum absolute atomic E-state index is 6.55. The smallest absolute Gasteiger partial charge is 0.155 e. The van der Waals surface area contributed by atoms with Crippen molar-refractivity contribution in [1.82, 2.24) is 4.98 Å². The Morgan fingerprint density at radius 2 is 1.80 bits per heavy atom. The maximum Gasteiger partial charge on any atom is 0.155 e. The summed E-state index contributed by atoms with van der Waals surface area (Å²) < 4.78 is 0. The SMILES string of the molecule is CCC(/C=C(/Cl)c1ccccc1C)=N\c1ncc2ccccc2c1C. The largest absolute Gasteiger partial charge is 0.236 e. The zero-order valence-electron chi connectivity index (χ0n) is 14.8. The number of aromatic nitrogens is 1. The van der Waals surface area contributed by atoms with Crippen LogP contribution in [0.2, 0.25) is 0 Å². The monoisotopic (exact) mass is 348 g/mol. The molecule has 0 aliphatic carbocycles. The molecule has 0 aliphatic rings. The first kappa shape index (κ1) is 17.4. The Morgan fingerprint density at radius 1 is 1.08 bits per heavy atom. The second-order valence-electron chi connectivity index (χ2n) is 6.06. The standard InChI is InChI=1S/C22H21ClN2/c1-4-18(13-21(23)19-11-7-5-9-15(19)2)25-22-16(3)20-12-8-6-10-17(20)14-24-22/h5-14H,4H2,1-3H3/b21-13+,25-18+. The molecule has 126 valence electrons. The van der Waals surface area contributed by atoms with Gasteiger partial charge in [0.25, 0.3) is 0 Å². The molecule has 2 nitrogen and oxygen atoms in total. The van der Waals surface area contributed by atoms with Crippen LogP contribution in [0.3, 0.4) is 0 Å². The fourth-order valence-corrected chi connectivity index (χ4v) is 3.16. The van der Waals surface area contributed by atoms with E-state index in [4.69, 9.17) is 16.6 Å². The first-order chi connectivity index (χ1) is 12.1. The molecule has 3 aromatic rings. The number of halogens is 1. The first-order valence-corrected chi connectivity index (χ1v) is 8.83. The van der Waals surface area contributed by atoms with Crippen molar-refractivity contribution in [2.24, 2.45) is 4.99 Å². The van der Waals surface area contributed by atoms with Crippen molar-refractivity contribution in [3.05, 3.63) is 77.5 Å². The van der Waals surface area contributed by atoms with Crippen LogP contribution in [0.1, 0.15) is 30.0 Å². The summed E-state index contributed by atoms with van der Waals surface area (Å²) in [6.45, 7) is 6.20. The van der Waals surface area contributed by atoms with Gasteiger partial charge in [0, 0.05) is 27.9 Å². The van der Waals surface area contributed by atoms with E-state index in [9.17, 15) is 0 Å². The predicted molar refractivity (Wildman–Crippen MR) is 109 cm³/mol. The Hall–Kier alpha value is -2.45. The van der Waals surface area contributed by atoms with Gasteiger partial charge in [-0.3, -0.25) is 0 Å². The first-order valence-electron chi connectivity index (χ1n) is 8.45. The van der Waals surface area contributed by atoms with E-state index in [0.717, 1.165) is 40.0 Å². The lowest BCUT2D eigenvalue weighted by Gasteiger charge is -2.07. The van der Waals surface area contributed by atoms with Crippen molar-refractivity contribution < 1.29 is 0 Å². The van der Waals surface area contributed by atoms with Crippen LogP contribution in [0.5, 0.6) is 0 Å². The van der Waals surface area contributed by atoms with E-state index in [1.165, 1.54) is 5.39 Å². The van der Waals surface area contributed by atoms with Crippen LogP contribution in [-0.4, -0.2) is 10.7 Å². The normalized spacial score (nSPS) is 12.6. The van der Waals surface area contributed by atoms with Crippen molar-refractivity contribution >= 4 is 38.9 Å². The minimum atomic E-state index is 0.706. The van der Waals surface area contributed by atoms with Crippen LogP contribution >= 0.6 is 11.6 Å². The van der Waals surface area contributed by atoms with Crippen molar-refractivity contribution in [1.29, 1.82) is 0 Å². The topological polar surface area (TPSA) is 25.2 Å². The molecule has 3 heteroatoms. The van der Waals surface area contributed by atoms with Crippen LogP contribution in [0.25, 0.3) is 15.8 Å². The molecule has 0 fully saturated rings. The van der Waals surface area contributed by atoms with Crippen LogP contribution in [0.4, 0.5) is 5.82 Å². The molecule has 0 unspecified atom stereocenters. The van der Waals surface area contributed by atoms with Crippen molar-refractivity contribution in [3.8, 4) is 0 Å². The summed E-state index contributed by atoms with van der Waals surface area (Å²) in [6, 6.07) is 16.3. The van der Waals surface area contributed by atoms with Gasteiger partial charge in [-0.1, -0.05) is 67.1 Å². The number of benzene rings is 2. The van der Waals surface area contributed by atoms with E-state index in [1.807, 2.05) is 42.6 Å². The summed E-state index contributed by atoms with van der Waals surface area (Å²) >= 11 is 6.55. The Bertz CT molecular complexity index is 971. The molecule has 0 amide bonds. The van der Waals surface area contributed by atoms with Gasteiger partial charge in [-0.25, -0.2) is 9.98 Å². The molecule has 25 heavy (non-hydrogen) atoms. The van der Waals surface area contributed by atoms with Gasteiger partial charge in [0.05, 0.1) is 0 Å². The fourth-order valence-electron chi connectivity index (χ4n) is 2.83. The zero-order valence-corrected chi connectivity index (χ0v) is 15.5. The number of aryl methyl sites for hydroxylation is 2. The van der Waals surface area contributed by atoms with E-state index < -0.39 is 0 Å². The Kier molecular flexibility index (Phi) is 5.30. The highest BCUT2D eigenvalue weighted by molar-refractivity contribution is 6.50. The molecule has 1 aromatic heterocycles. The maximum atomic E-state index is 6.55. The number of aliphatic imine (C=N–C) groups is 1. The molecule has 0 atom stereocenters. The molecule has 0 aliphatic heterocycles. The van der Waals surface area contributed by atoms with Crippen LogP contribution in [-0.2, 0) is 0 Å². The Balaban J connectivity index is 2.02. The van der Waals surface area contributed by atoms with E-state index in [0.29, 0.717) is 5.03 Å². The third-order valence-electron chi connectivity index (χ3n) is 4.33. The van der Waals surface area contributed by atoms with E-state index in [-0.39, 0.29) is 0 Å². The third-order valence-corrected chi connectivity index (χ3v) is 4.65. The molecule has 0 radical (unpaired) electrons. The summed E-state index contributed by atoms with van der Waals surface area (Å²) in [5.74, 6) is 0.751. The van der Waals surface area contributed by atoms with Gasteiger partial charge in [0.1, 0.15) is 0 Å². The molecule has 0 N–H and O–H groups in total. The highest BCUT2D eigenvalue weighted by atomic mass is 35.5. The second-order valence-corrected chi connectivity index (χ2v) is 6.47. The fraction of sp³-hybridized carbons (Fsp3) is 0.182. The number of hydrogen-bond acceptors (Lipinski definition) is 2. The zero-order chi connectivity index (χ0) is 17.8. The average Bonchev–Trinajstić information content (AvgIpc) is 2.63. The van der Waals surface area contributed by atoms with Crippen molar-refractivity contribution in [2.45, 2.75) is 27.2 Å². The van der Waals surface area contributed by atoms with Gasteiger partial charge in [-0.2, -0.15) is 0 Å². The molecule has 0 saturated carbocycles. The summed E-state index contributed by atoms with van der Waals surface area (Å²) in [6.07, 6.45) is 4.61. The number of hydrogen-bond donors (Lipinski definition) is 0. The van der Waals surface area contributed by atoms with Gasteiger partial charge >= 0.3 is 0 Å². The lowest BCUT2D eigenvalue weighted by molar-refractivity contribution is 1.22. The highest BCUT2D eigenvalue weighted by Crippen LogP contribution is 2.27. The summed E-state index contributed by atoms with van der Waals surface area (Å²) in [5.41, 5.74) is 4.19. The van der Waals surface area contributed by atoms with Crippen LogP contribution in [0, 0.1) is 13.8 Å². The summed E-state index contributed by atoms with van der Waals surface area (Å²) in [4.78, 5) is 9.30. The van der Waals surface area contributed by atoms with Gasteiger partial charge in [-0.05, 0) is 42.9 Å². The lowest BCUT2D eigenvalue weighted by Crippen LogP contribution is -1.94. The van der Waals surface area contributed by atoms with Gasteiger partial charge in [0.2, 0.25) is 0 Å². The molecule has 0 bridgehead atoms. The molecule has 0 saturated heterocycles. The van der Waals surface area contributed by atoms with E-state index in [2.05, 4.69) is 44.0 Å². The molecule has 1 heterocycles. The number of rotatable bonds is 4. The average molecular weight is 349 g/mol. The molecular weight excluding hydrogens is 328 g/mol. The number of nitrogens with zero attached hydrogens (tertiary/aromatic N) is 2. The number of allylic oxidation sites excluding steroid dienone is 1. The summed E-state index contributed by atoms with van der Waals surface area (Å²) in [7, 11) is 0. The Morgan fingerprint density at radius 3 is 2.56 bits per heavy atom. The second kappa shape index (κ2) is 7.62. The minimum Gasteiger partial charge on any atom is -0.236 e. The van der Waals surface area contributed by atoms with E-state index in [1.54, 1.807) is 0 Å². The van der Waals surface area contributed by atoms with Gasteiger partial charge in [-0.15, -0.1) is 0 Å². The quantitative estimate of drug-likeness (QED) is 0.487. The predicted octanol–water partition coefficient (Wildman–Crippen LogP) is 6.61. The van der Waals surface area contributed by atoms with E-state index >= 15 is 0 Å². The molecule has 0 spiro atoms. The van der Waals surface area contributed by atoms with Crippen LogP contribution in [0.15, 0.2) is 65.8 Å². The van der Waals surface area contributed by atoms with Gasteiger partial charge in [0.15, 0.2) is 5.82 Å². The van der Waals surface area contributed by atoms with Gasteiger partial charge < -0.3 is 0 Å². The number of pyridine rings is 1. The summed E-state index contributed by atoms with van der Waals surface area (Å²) in [5, 5.41) is 3.02. The third kappa shape index (κ3) is 3.80. The lowest BCUT2D eigenvalue weighted by atomic mass is 10.1. The molecule has 2 aromatic carbocycles.